The first-order valence-corrected chi connectivity index (χ1v) is 9.12. The van der Waals surface area contributed by atoms with Gasteiger partial charge in [0.2, 0.25) is 5.91 Å². The summed E-state index contributed by atoms with van der Waals surface area (Å²) < 4.78 is 13.0. The Balaban J connectivity index is 1.61. The lowest BCUT2D eigenvalue weighted by atomic mass is 9.97. The lowest BCUT2D eigenvalue weighted by molar-refractivity contribution is -0.121. The zero-order valence-electron chi connectivity index (χ0n) is 15.6. The Kier molecular flexibility index (Phi) is 5.74. The maximum absolute atomic E-state index is 13.0. The number of nitrogens with zero attached hydrogens (tertiary/aromatic N) is 1. The molecular formula is C21H24FN3O2. The van der Waals surface area contributed by atoms with Crippen molar-refractivity contribution in [3.05, 3.63) is 59.4 Å². The van der Waals surface area contributed by atoms with E-state index < -0.39 is 0 Å². The molecule has 1 aliphatic rings. The number of benzene rings is 2. The molecule has 3 amide bonds. The quantitative estimate of drug-likeness (QED) is 0.846. The van der Waals surface area contributed by atoms with Gasteiger partial charge in [0.25, 0.3) is 0 Å². The SMILES string of the molecule is Cc1cccc(NC(=O)[C@H]2CCCN(C(=O)Nc3ccc(F)cc3)C2)c1C. The number of likely N-dealkylation sites (tertiary alicyclic amines) is 1. The highest BCUT2D eigenvalue weighted by atomic mass is 19.1. The van der Waals surface area contributed by atoms with E-state index in [0.29, 0.717) is 18.8 Å². The highest BCUT2D eigenvalue weighted by Crippen LogP contribution is 2.22. The number of aryl methyl sites for hydroxylation is 1. The van der Waals surface area contributed by atoms with Crippen LogP contribution in [0.3, 0.4) is 0 Å². The van der Waals surface area contributed by atoms with Crippen LogP contribution in [0.4, 0.5) is 20.6 Å². The predicted molar refractivity (Wildman–Crippen MR) is 104 cm³/mol. The minimum absolute atomic E-state index is 0.0667. The van der Waals surface area contributed by atoms with Crippen molar-refractivity contribution >= 4 is 23.3 Å². The molecule has 0 aliphatic carbocycles. The van der Waals surface area contributed by atoms with Crippen molar-refractivity contribution in [1.29, 1.82) is 0 Å². The van der Waals surface area contributed by atoms with Crippen LogP contribution in [-0.2, 0) is 4.79 Å². The average molecular weight is 369 g/mol. The van der Waals surface area contributed by atoms with Crippen molar-refractivity contribution < 1.29 is 14.0 Å². The van der Waals surface area contributed by atoms with Gasteiger partial charge in [-0.25, -0.2) is 9.18 Å². The molecule has 0 saturated carbocycles. The van der Waals surface area contributed by atoms with Crippen LogP contribution in [-0.4, -0.2) is 29.9 Å². The molecule has 0 aromatic heterocycles. The number of hydrogen-bond donors (Lipinski definition) is 2. The second-order valence-electron chi connectivity index (χ2n) is 6.96. The molecule has 1 aliphatic heterocycles. The first kappa shape index (κ1) is 18.9. The molecule has 1 heterocycles. The standard InChI is InChI=1S/C21H24FN3O2/c1-14-5-3-7-19(15(14)2)24-20(26)16-6-4-12-25(13-16)21(27)23-18-10-8-17(22)9-11-18/h3,5,7-11,16H,4,6,12-13H2,1-2H3,(H,23,27)(H,24,26)/t16-/m0/s1. The highest BCUT2D eigenvalue weighted by molar-refractivity contribution is 5.94. The normalized spacial score (nSPS) is 16.7. The Bertz CT molecular complexity index is 836. The maximum atomic E-state index is 13.0. The van der Waals surface area contributed by atoms with Gasteiger partial charge >= 0.3 is 6.03 Å². The van der Waals surface area contributed by atoms with Crippen LogP contribution in [0.2, 0.25) is 0 Å². The fourth-order valence-electron chi connectivity index (χ4n) is 3.23. The van der Waals surface area contributed by atoms with Gasteiger partial charge in [-0.15, -0.1) is 0 Å². The van der Waals surface area contributed by atoms with E-state index in [0.717, 1.165) is 29.7 Å². The molecule has 142 valence electrons. The summed E-state index contributed by atoms with van der Waals surface area (Å²) in [7, 11) is 0. The summed E-state index contributed by atoms with van der Waals surface area (Å²) in [5.74, 6) is -0.672. The number of hydrogen-bond acceptors (Lipinski definition) is 2. The summed E-state index contributed by atoms with van der Waals surface area (Å²) >= 11 is 0. The molecule has 1 atom stereocenters. The number of piperidine rings is 1. The van der Waals surface area contributed by atoms with Crippen molar-refractivity contribution in [2.45, 2.75) is 26.7 Å². The molecule has 0 bridgehead atoms. The van der Waals surface area contributed by atoms with E-state index in [9.17, 15) is 14.0 Å². The number of carbonyl (C=O) groups is 2. The second kappa shape index (κ2) is 8.20. The number of halogens is 1. The van der Waals surface area contributed by atoms with Gasteiger partial charge in [0.15, 0.2) is 0 Å². The van der Waals surface area contributed by atoms with Crippen molar-refractivity contribution in [1.82, 2.24) is 4.90 Å². The van der Waals surface area contributed by atoms with Crippen LogP contribution in [0.5, 0.6) is 0 Å². The summed E-state index contributed by atoms with van der Waals surface area (Å²) in [6, 6.07) is 11.2. The van der Waals surface area contributed by atoms with E-state index in [1.165, 1.54) is 24.3 Å². The maximum Gasteiger partial charge on any atom is 0.321 e. The molecule has 2 aromatic rings. The predicted octanol–water partition coefficient (Wildman–Crippen LogP) is 4.33. The molecule has 2 N–H and O–H groups in total. The fourth-order valence-corrected chi connectivity index (χ4v) is 3.23. The highest BCUT2D eigenvalue weighted by Gasteiger charge is 2.28. The molecule has 0 spiro atoms. The lowest BCUT2D eigenvalue weighted by Gasteiger charge is -2.32. The van der Waals surface area contributed by atoms with Gasteiger partial charge in [0.1, 0.15) is 5.82 Å². The molecular weight excluding hydrogens is 345 g/mol. The number of anilines is 2. The Hall–Kier alpha value is -2.89. The molecule has 1 fully saturated rings. The van der Waals surface area contributed by atoms with Gasteiger partial charge < -0.3 is 15.5 Å². The third-order valence-corrected chi connectivity index (χ3v) is 5.04. The van der Waals surface area contributed by atoms with Gasteiger partial charge in [-0.3, -0.25) is 4.79 Å². The van der Waals surface area contributed by atoms with E-state index in [1.807, 2.05) is 32.0 Å². The van der Waals surface area contributed by atoms with Gasteiger partial charge in [0.05, 0.1) is 5.92 Å². The van der Waals surface area contributed by atoms with Crippen LogP contribution in [0.1, 0.15) is 24.0 Å². The van der Waals surface area contributed by atoms with Crippen LogP contribution in [0, 0.1) is 25.6 Å². The molecule has 2 aromatic carbocycles. The zero-order valence-corrected chi connectivity index (χ0v) is 15.6. The largest absolute Gasteiger partial charge is 0.326 e. The van der Waals surface area contributed by atoms with E-state index in [1.54, 1.807) is 4.90 Å². The molecule has 5 nitrogen and oxygen atoms in total. The van der Waals surface area contributed by atoms with Crippen molar-refractivity contribution in [3.63, 3.8) is 0 Å². The third kappa shape index (κ3) is 4.64. The van der Waals surface area contributed by atoms with Crippen molar-refractivity contribution in [3.8, 4) is 0 Å². The molecule has 3 rings (SSSR count). The number of nitrogens with one attached hydrogen (secondary N) is 2. The summed E-state index contributed by atoms with van der Waals surface area (Å²) in [4.78, 5) is 26.8. The Morgan fingerprint density at radius 2 is 1.81 bits per heavy atom. The van der Waals surface area contributed by atoms with Gasteiger partial charge in [0, 0.05) is 24.5 Å². The minimum atomic E-state index is -0.353. The lowest BCUT2D eigenvalue weighted by Crippen LogP contribution is -2.45. The summed E-state index contributed by atoms with van der Waals surface area (Å²) in [5, 5.41) is 5.75. The van der Waals surface area contributed by atoms with Crippen molar-refractivity contribution in [2.24, 2.45) is 5.92 Å². The number of urea groups is 1. The fraction of sp³-hybridized carbons (Fsp3) is 0.333. The van der Waals surface area contributed by atoms with Crippen LogP contribution in [0.25, 0.3) is 0 Å². The third-order valence-electron chi connectivity index (χ3n) is 5.04. The minimum Gasteiger partial charge on any atom is -0.326 e. The number of amides is 3. The summed E-state index contributed by atoms with van der Waals surface area (Å²) in [5.41, 5.74) is 3.51. The van der Waals surface area contributed by atoms with Gasteiger partial charge in [-0.2, -0.15) is 0 Å². The van der Waals surface area contributed by atoms with Crippen LogP contribution < -0.4 is 10.6 Å². The topological polar surface area (TPSA) is 61.4 Å². The Labute approximate surface area is 158 Å². The van der Waals surface area contributed by atoms with Gasteiger partial charge in [-0.05, 0) is 68.1 Å². The molecule has 27 heavy (non-hydrogen) atoms. The molecule has 6 heteroatoms. The summed E-state index contributed by atoms with van der Waals surface area (Å²) in [6.07, 6.45) is 1.51. The smallest absolute Gasteiger partial charge is 0.321 e. The number of rotatable bonds is 3. The van der Waals surface area contributed by atoms with E-state index in [2.05, 4.69) is 10.6 Å². The Morgan fingerprint density at radius 3 is 2.56 bits per heavy atom. The summed E-state index contributed by atoms with van der Waals surface area (Å²) in [6.45, 7) is 4.95. The first-order valence-electron chi connectivity index (χ1n) is 9.12. The van der Waals surface area contributed by atoms with E-state index in [4.69, 9.17) is 0 Å². The van der Waals surface area contributed by atoms with E-state index in [-0.39, 0.29) is 23.7 Å². The van der Waals surface area contributed by atoms with Crippen LogP contribution in [0.15, 0.2) is 42.5 Å². The molecule has 0 radical (unpaired) electrons. The second-order valence-corrected chi connectivity index (χ2v) is 6.96. The average Bonchev–Trinajstić information content (AvgIpc) is 2.67. The Morgan fingerprint density at radius 1 is 1.07 bits per heavy atom. The van der Waals surface area contributed by atoms with E-state index >= 15 is 0 Å². The first-order chi connectivity index (χ1) is 12.9. The van der Waals surface area contributed by atoms with Gasteiger partial charge in [-0.1, -0.05) is 12.1 Å². The monoisotopic (exact) mass is 369 g/mol. The molecule has 0 unspecified atom stereocenters. The molecule has 1 saturated heterocycles. The number of carbonyl (C=O) groups excluding carboxylic acids is 2. The van der Waals surface area contributed by atoms with Crippen molar-refractivity contribution in [2.75, 3.05) is 23.7 Å². The zero-order chi connectivity index (χ0) is 19.4. The van der Waals surface area contributed by atoms with Crippen LogP contribution >= 0.6 is 0 Å².